The lowest BCUT2D eigenvalue weighted by atomic mass is 9.43. The molecule has 4 bridgehead atoms. The molecule has 0 radical (unpaired) electrons. The molecule has 276 valence electrons. The summed E-state index contributed by atoms with van der Waals surface area (Å²) < 4.78 is 5.06. The van der Waals surface area contributed by atoms with Gasteiger partial charge in [0.2, 0.25) is 0 Å². The molecule has 0 aliphatic heterocycles. The van der Waals surface area contributed by atoms with Crippen molar-refractivity contribution in [2.75, 3.05) is 0 Å². The smallest absolute Gasteiger partial charge is 0.164 e. The first-order chi connectivity index (χ1) is 28.7. The molecule has 0 N–H and O–H groups in total. The lowest BCUT2D eigenvalue weighted by Gasteiger charge is -2.61. The molecule has 0 saturated heterocycles. The molecule has 3 aromatic heterocycles. The van der Waals surface area contributed by atoms with Crippen LogP contribution in [0.5, 0.6) is 0 Å². The van der Waals surface area contributed by atoms with Crippen LogP contribution in [0.1, 0.15) is 43.2 Å². The summed E-state index contributed by atoms with van der Waals surface area (Å²) in [5.41, 5.74) is 9.21. The average molecular weight is 780 g/mol. The molecule has 7 aromatic carbocycles. The highest BCUT2D eigenvalue weighted by Gasteiger charge is 2.61. The first-order valence-electron chi connectivity index (χ1n) is 20.9. The number of hydrogen-bond donors (Lipinski definition) is 0. The standard InChI is InChI=1S/C53H37N3S2/c1-2-10-35-31(9-1)20-22-41-47(35)36-21-19-32(28-42(36)53(41)33-24-29-23-30(26-33)27-34(53)25-29)50-54-51(39-13-7-17-45-48(39)37-11-3-5-15-43(37)57-45)56-52(55-50)40-14-8-18-46-49(40)38-12-4-6-16-44(38)58-46/h1-22,28-30,33-34H,23-27H2. The second-order valence-corrected chi connectivity index (χ2v) is 19.7. The predicted octanol–water partition coefficient (Wildman–Crippen LogP) is 14.5. The van der Waals surface area contributed by atoms with Gasteiger partial charge in [0.05, 0.1) is 0 Å². The molecular weight excluding hydrogens is 743 g/mol. The van der Waals surface area contributed by atoms with E-state index >= 15 is 0 Å². The number of thiophene rings is 2. The van der Waals surface area contributed by atoms with Gasteiger partial charge >= 0.3 is 0 Å². The van der Waals surface area contributed by atoms with Crippen LogP contribution in [-0.2, 0) is 5.41 Å². The fourth-order valence-electron chi connectivity index (χ4n) is 12.8. The van der Waals surface area contributed by atoms with Crippen molar-refractivity contribution in [1.82, 2.24) is 15.0 Å². The Morgan fingerprint density at radius 2 is 0.983 bits per heavy atom. The second kappa shape index (κ2) is 11.7. The van der Waals surface area contributed by atoms with Crippen molar-refractivity contribution in [1.29, 1.82) is 0 Å². The number of fused-ring (bicyclic) bond motifs is 11. The third kappa shape index (κ3) is 4.25. The zero-order chi connectivity index (χ0) is 37.7. The molecule has 10 aromatic rings. The van der Waals surface area contributed by atoms with Crippen molar-refractivity contribution in [2.45, 2.75) is 37.5 Å². The van der Waals surface area contributed by atoms with E-state index in [9.17, 15) is 0 Å². The van der Waals surface area contributed by atoms with E-state index in [2.05, 4.69) is 140 Å². The first-order valence-corrected chi connectivity index (χ1v) is 22.6. The van der Waals surface area contributed by atoms with Crippen LogP contribution in [0.25, 0.3) is 96.4 Å². The van der Waals surface area contributed by atoms with E-state index in [1.807, 2.05) is 22.7 Å². The van der Waals surface area contributed by atoms with Crippen LogP contribution in [0.15, 0.2) is 140 Å². The highest BCUT2D eigenvalue weighted by Crippen LogP contribution is 2.70. The van der Waals surface area contributed by atoms with Crippen LogP contribution in [0.3, 0.4) is 0 Å². The fourth-order valence-corrected chi connectivity index (χ4v) is 15.0. The molecule has 4 saturated carbocycles. The number of benzene rings is 7. The fraction of sp³-hybridized carbons (Fsp3) is 0.189. The van der Waals surface area contributed by atoms with Crippen molar-refractivity contribution in [3.05, 3.63) is 151 Å². The van der Waals surface area contributed by atoms with Crippen LogP contribution in [0.2, 0.25) is 0 Å². The van der Waals surface area contributed by atoms with E-state index < -0.39 is 0 Å². The highest BCUT2D eigenvalue weighted by molar-refractivity contribution is 7.26. The molecule has 5 heteroatoms. The third-order valence-electron chi connectivity index (χ3n) is 14.7. The Morgan fingerprint density at radius 1 is 0.431 bits per heavy atom. The van der Waals surface area contributed by atoms with Crippen molar-refractivity contribution in [3.63, 3.8) is 0 Å². The second-order valence-electron chi connectivity index (χ2n) is 17.5. The van der Waals surface area contributed by atoms with E-state index in [0.717, 1.165) is 46.0 Å². The van der Waals surface area contributed by atoms with E-state index in [0.29, 0.717) is 11.8 Å². The van der Waals surface area contributed by atoms with Gasteiger partial charge in [-0.3, -0.25) is 0 Å². The van der Waals surface area contributed by atoms with Crippen LogP contribution in [0, 0.1) is 23.7 Å². The predicted molar refractivity (Wildman–Crippen MR) is 243 cm³/mol. The van der Waals surface area contributed by atoms with Crippen molar-refractivity contribution >= 4 is 73.8 Å². The molecule has 0 unspecified atom stereocenters. The van der Waals surface area contributed by atoms with Gasteiger partial charge in [-0.1, -0.05) is 109 Å². The topological polar surface area (TPSA) is 38.7 Å². The van der Waals surface area contributed by atoms with Crippen LogP contribution in [-0.4, -0.2) is 15.0 Å². The van der Waals surface area contributed by atoms with Gasteiger partial charge in [-0.25, -0.2) is 15.0 Å². The highest BCUT2D eigenvalue weighted by atomic mass is 32.1. The summed E-state index contributed by atoms with van der Waals surface area (Å²) in [6.07, 6.45) is 6.83. The molecular formula is C53H37N3S2. The minimum absolute atomic E-state index is 0.0270. The van der Waals surface area contributed by atoms with Gasteiger partial charge in [0.25, 0.3) is 0 Å². The molecule has 5 aliphatic carbocycles. The van der Waals surface area contributed by atoms with Crippen molar-refractivity contribution in [2.24, 2.45) is 23.7 Å². The van der Waals surface area contributed by atoms with Gasteiger partial charge in [-0.2, -0.15) is 0 Å². The Hall–Kier alpha value is -5.75. The summed E-state index contributed by atoms with van der Waals surface area (Å²) in [4.78, 5) is 16.4. The maximum absolute atomic E-state index is 5.50. The van der Waals surface area contributed by atoms with Crippen LogP contribution in [0.4, 0.5) is 0 Å². The molecule has 5 aliphatic rings. The molecule has 15 rings (SSSR count). The van der Waals surface area contributed by atoms with Crippen molar-refractivity contribution in [3.8, 4) is 45.3 Å². The zero-order valence-corrected chi connectivity index (χ0v) is 33.4. The van der Waals surface area contributed by atoms with Crippen LogP contribution >= 0.6 is 22.7 Å². The molecule has 0 atom stereocenters. The largest absolute Gasteiger partial charge is 0.208 e. The minimum Gasteiger partial charge on any atom is -0.208 e. The number of hydrogen-bond acceptors (Lipinski definition) is 5. The maximum atomic E-state index is 5.50. The molecule has 4 fully saturated rings. The Labute approximate surface area is 344 Å². The van der Waals surface area contributed by atoms with Gasteiger partial charge in [-0.15, -0.1) is 22.7 Å². The lowest BCUT2D eigenvalue weighted by Crippen LogP contribution is -2.55. The first kappa shape index (κ1) is 32.2. The monoisotopic (exact) mass is 779 g/mol. The van der Waals surface area contributed by atoms with E-state index in [4.69, 9.17) is 15.0 Å². The Balaban J connectivity index is 1.04. The quantitative estimate of drug-likeness (QED) is 0.179. The van der Waals surface area contributed by atoms with Gasteiger partial charge in [0, 0.05) is 62.4 Å². The van der Waals surface area contributed by atoms with Gasteiger partial charge in [0.1, 0.15) is 0 Å². The van der Waals surface area contributed by atoms with Gasteiger partial charge in [-0.05, 0) is 119 Å². The lowest BCUT2D eigenvalue weighted by molar-refractivity contribution is -0.0399. The number of nitrogens with zero attached hydrogens (tertiary/aromatic N) is 3. The summed E-state index contributed by atoms with van der Waals surface area (Å²) >= 11 is 3.68. The summed E-state index contributed by atoms with van der Waals surface area (Å²) in [5, 5.41) is 7.65. The number of aromatic nitrogens is 3. The summed E-state index contributed by atoms with van der Waals surface area (Å²) in [5.74, 6) is 5.29. The summed E-state index contributed by atoms with van der Waals surface area (Å²) in [7, 11) is 0. The summed E-state index contributed by atoms with van der Waals surface area (Å²) in [6.45, 7) is 0. The van der Waals surface area contributed by atoms with E-state index in [1.54, 1.807) is 5.56 Å². The molecule has 0 amide bonds. The van der Waals surface area contributed by atoms with E-state index in [1.165, 1.54) is 99.9 Å². The van der Waals surface area contributed by atoms with Crippen molar-refractivity contribution < 1.29 is 0 Å². The molecule has 58 heavy (non-hydrogen) atoms. The molecule has 1 spiro atoms. The zero-order valence-electron chi connectivity index (χ0n) is 31.8. The molecule has 3 nitrogen and oxygen atoms in total. The Kier molecular flexibility index (Phi) is 6.49. The van der Waals surface area contributed by atoms with Gasteiger partial charge < -0.3 is 0 Å². The Bertz CT molecular complexity index is 3230. The molecule has 3 heterocycles. The maximum Gasteiger partial charge on any atom is 0.164 e. The number of rotatable bonds is 3. The third-order valence-corrected chi connectivity index (χ3v) is 17.0. The Morgan fingerprint density at radius 3 is 1.62 bits per heavy atom. The SMILES string of the molecule is c1ccc2c3c(ccc2c1)C1(c2cc(-c4nc(-c5cccc6sc7ccccc7c56)nc(-c5cccc6sc7ccccc7c56)n4)ccc2-3)C2CC3CC(C2)CC1C3. The minimum atomic E-state index is 0.0270. The summed E-state index contributed by atoms with van der Waals surface area (Å²) in [6, 6.07) is 51.9. The average Bonchev–Trinajstić information content (AvgIpc) is 3.93. The van der Waals surface area contributed by atoms with E-state index in [-0.39, 0.29) is 5.41 Å². The van der Waals surface area contributed by atoms with Gasteiger partial charge in [0.15, 0.2) is 17.5 Å². The van der Waals surface area contributed by atoms with Crippen LogP contribution < -0.4 is 0 Å². The normalized spacial score (nSPS) is 22.9.